The Morgan fingerprint density at radius 3 is 2.06 bits per heavy atom. The molecular formula is C11H14B2O4. The molecule has 0 heterocycles. The summed E-state index contributed by atoms with van der Waals surface area (Å²) in [6.45, 7) is 3.66. The molecule has 4 nitrogen and oxygen atoms in total. The Kier molecular flexibility index (Phi) is 2.91. The molecule has 0 aromatic heterocycles. The third kappa shape index (κ3) is 1.73. The van der Waals surface area contributed by atoms with Gasteiger partial charge in [0.05, 0.1) is 0 Å². The summed E-state index contributed by atoms with van der Waals surface area (Å²) in [6, 6.07) is 7.23. The Labute approximate surface area is 101 Å². The minimum atomic E-state index is -1.71. The van der Waals surface area contributed by atoms with Gasteiger partial charge in [-0.2, -0.15) is 0 Å². The molecule has 1 aliphatic carbocycles. The largest absolute Gasteiger partial charge is 0.488 e. The topological polar surface area (TPSA) is 80.9 Å². The van der Waals surface area contributed by atoms with Crippen molar-refractivity contribution in [2.75, 3.05) is 0 Å². The van der Waals surface area contributed by atoms with Gasteiger partial charge in [-0.1, -0.05) is 38.1 Å². The van der Waals surface area contributed by atoms with Crippen LogP contribution in [0.3, 0.4) is 0 Å². The predicted octanol–water partition coefficient (Wildman–Crippen LogP) is -0.245. The van der Waals surface area contributed by atoms with E-state index in [9.17, 15) is 20.1 Å². The first-order valence-electron chi connectivity index (χ1n) is 5.44. The lowest BCUT2D eigenvalue weighted by atomic mass is 9.59. The van der Waals surface area contributed by atoms with Gasteiger partial charge in [0.2, 0.25) is 0 Å². The van der Waals surface area contributed by atoms with Gasteiger partial charge in [-0.25, -0.2) is 0 Å². The molecule has 1 aromatic rings. The molecule has 0 aliphatic heterocycles. The summed E-state index contributed by atoms with van der Waals surface area (Å²) in [5, 5.41) is 37.8. The Morgan fingerprint density at radius 2 is 1.53 bits per heavy atom. The highest BCUT2D eigenvalue weighted by molar-refractivity contribution is 6.72. The summed E-state index contributed by atoms with van der Waals surface area (Å²) in [5.41, 5.74) is 1.35. The highest BCUT2D eigenvalue weighted by Gasteiger charge is 2.45. The van der Waals surface area contributed by atoms with Crippen molar-refractivity contribution < 1.29 is 20.1 Å². The lowest BCUT2D eigenvalue weighted by Crippen LogP contribution is -2.31. The van der Waals surface area contributed by atoms with E-state index in [2.05, 4.69) is 0 Å². The molecule has 0 amide bonds. The second-order valence-electron chi connectivity index (χ2n) is 4.75. The Balaban J connectivity index is 2.74. The van der Waals surface area contributed by atoms with Crippen LogP contribution in [0.2, 0.25) is 0 Å². The van der Waals surface area contributed by atoms with Gasteiger partial charge in [0.1, 0.15) is 0 Å². The lowest BCUT2D eigenvalue weighted by Gasteiger charge is -2.24. The Hall–Kier alpha value is -1.07. The quantitative estimate of drug-likeness (QED) is 0.530. The van der Waals surface area contributed by atoms with Crippen molar-refractivity contribution in [2.24, 2.45) is 0 Å². The van der Waals surface area contributed by atoms with Crippen molar-refractivity contribution in [3.63, 3.8) is 0 Å². The first-order valence-corrected chi connectivity index (χ1v) is 5.44. The van der Waals surface area contributed by atoms with Crippen molar-refractivity contribution >= 4 is 19.7 Å². The summed E-state index contributed by atoms with van der Waals surface area (Å²) in [5.74, 6) is 0. The number of allylic oxidation sites excluding steroid dienone is 1. The van der Waals surface area contributed by atoms with E-state index in [1.807, 2.05) is 26.0 Å². The maximum atomic E-state index is 9.45. The van der Waals surface area contributed by atoms with E-state index >= 15 is 0 Å². The van der Waals surface area contributed by atoms with Crippen molar-refractivity contribution in [3.8, 4) is 0 Å². The highest BCUT2D eigenvalue weighted by atomic mass is 16.4. The molecule has 6 heteroatoms. The van der Waals surface area contributed by atoms with Crippen molar-refractivity contribution in [1.29, 1.82) is 0 Å². The third-order valence-electron chi connectivity index (χ3n) is 3.37. The molecule has 1 aliphatic rings. The maximum absolute atomic E-state index is 9.45. The van der Waals surface area contributed by atoms with Crippen molar-refractivity contribution in [1.82, 2.24) is 0 Å². The van der Waals surface area contributed by atoms with Gasteiger partial charge >= 0.3 is 14.2 Å². The third-order valence-corrected chi connectivity index (χ3v) is 3.37. The minimum Gasteiger partial charge on any atom is -0.423 e. The van der Waals surface area contributed by atoms with Crippen molar-refractivity contribution in [3.05, 3.63) is 40.9 Å². The fraction of sp³-hybridized carbons (Fsp3) is 0.273. The summed E-state index contributed by atoms with van der Waals surface area (Å²) in [6.07, 6.45) is 0. The predicted molar refractivity (Wildman–Crippen MR) is 66.8 cm³/mol. The molecular weight excluding hydrogens is 218 g/mol. The van der Waals surface area contributed by atoms with Crippen LogP contribution in [-0.2, 0) is 5.41 Å². The van der Waals surface area contributed by atoms with Crippen LogP contribution in [0.15, 0.2) is 29.7 Å². The van der Waals surface area contributed by atoms with Crippen LogP contribution in [0.1, 0.15) is 25.0 Å². The van der Waals surface area contributed by atoms with Crippen LogP contribution in [0.5, 0.6) is 0 Å². The second-order valence-corrected chi connectivity index (χ2v) is 4.75. The smallest absolute Gasteiger partial charge is 0.423 e. The molecule has 0 saturated heterocycles. The molecule has 0 atom stereocenters. The van der Waals surface area contributed by atoms with Gasteiger partial charge in [-0.3, -0.25) is 0 Å². The second kappa shape index (κ2) is 3.99. The summed E-state index contributed by atoms with van der Waals surface area (Å²) in [7, 11) is -3.41. The molecule has 0 radical (unpaired) electrons. The number of hydrogen-bond donors (Lipinski definition) is 4. The van der Waals surface area contributed by atoms with Crippen molar-refractivity contribution in [2.45, 2.75) is 19.3 Å². The standard InChI is InChI=1S/C11H14B2O4/c1-11(2)8-6-4-3-5-7(8)9(12(14)15)10(11)13(16)17/h3-6,14-17H,1-2H3. The number of benzene rings is 1. The minimum absolute atomic E-state index is 0.195. The SMILES string of the molecule is CC1(C)C(B(O)O)=C(B(O)O)c2ccccc21. The Bertz CT molecular complexity index is 480. The van der Waals surface area contributed by atoms with Gasteiger partial charge < -0.3 is 20.1 Å². The van der Waals surface area contributed by atoms with E-state index in [1.54, 1.807) is 12.1 Å². The molecule has 2 rings (SSSR count). The van der Waals surface area contributed by atoms with Gasteiger partial charge in [-0.05, 0) is 22.1 Å². The number of fused-ring (bicyclic) bond motifs is 1. The zero-order valence-electron chi connectivity index (χ0n) is 9.75. The molecule has 0 fully saturated rings. The first kappa shape index (κ1) is 12.4. The summed E-state index contributed by atoms with van der Waals surface area (Å²) >= 11 is 0. The fourth-order valence-electron chi connectivity index (χ4n) is 2.63. The van der Waals surface area contributed by atoms with E-state index in [0.717, 1.165) is 5.56 Å². The maximum Gasteiger partial charge on any atom is 0.488 e. The van der Waals surface area contributed by atoms with E-state index in [0.29, 0.717) is 5.56 Å². The average molecular weight is 232 g/mol. The molecule has 0 spiro atoms. The lowest BCUT2D eigenvalue weighted by molar-refractivity contribution is 0.405. The van der Waals surface area contributed by atoms with Gasteiger partial charge in [0.15, 0.2) is 0 Å². The van der Waals surface area contributed by atoms with E-state index in [4.69, 9.17) is 0 Å². The van der Waals surface area contributed by atoms with Crippen LogP contribution >= 0.6 is 0 Å². The van der Waals surface area contributed by atoms with E-state index in [1.165, 1.54) is 0 Å². The van der Waals surface area contributed by atoms with Gasteiger partial charge in [-0.15, -0.1) is 0 Å². The monoisotopic (exact) mass is 232 g/mol. The first-order chi connectivity index (χ1) is 7.87. The van der Waals surface area contributed by atoms with Crippen LogP contribution in [-0.4, -0.2) is 34.3 Å². The molecule has 0 unspecified atom stereocenters. The zero-order chi connectivity index (χ0) is 12.8. The van der Waals surface area contributed by atoms with E-state index in [-0.39, 0.29) is 10.9 Å². The molecule has 17 heavy (non-hydrogen) atoms. The van der Waals surface area contributed by atoms with Crippen LogP contribution in [0, 0.1) is 0 Å². The molecule has 4 N–H and O–H groups in total. The van der Waals surface area contributed by atoms with Gasteiger partial charge in [0, 0.05) is 5.41 Å². The van der Waals surface area contributed by atoms with E-state index < -0.39 is 19.7 Å². The number of hydrogen-bond acceptors (Lipinski definition) is 4. The molecule has 88 valence electrons. The summed E-state index contributed by atoms with van der Waals surface area (Å²) in [4.78, 5) is 0. The number of rotatable bonds is 2. The fourth-order valence-corrected chi connectivity index (χ4v) is 2.63. The Morgan fingerprint density at radius 1 is 0.941 bits per heavy atom. The van der Waals surface area contributed by atoms with Crippen LogP contribution in [0.4, 0.5) is 0 Å². The molecule has 1 aromatic carbocycles. The normalized spacial score (nSPS) is 17.1. The molecule has 0 saturated carbocycles. The van der Waals surface area contributed by atoms with Crippen LogP contribution in [0.25, 0.3) is 5.47 Å². The molecule has 0 bridgehead atoms. The zero-order valence-corrected chi connectivity index (χ0v) is 9.75. The van der Waals surface area contributed by atoms with Gasteiger partial charge in [0.25, 0.3) is 0 Å². The highest BCUT2D eigenvalue weighted by Crippen LogP contribution is 2.46. The van der Waals surface area contributed by atoms with Crippen LogP contribution < -0.4 is 0 Å². The summed E-state index contributed by atoms with van der Waals surface area (Å²) < 4.78 is 0. The average Bonchev–Trinajstić information content (AvgIpc) is 2.48.